The van der Waals surface area contributed by atoms with Crippen LogP contribution in [-0.2, 0) is 4.79 Å². The highest BCUT2D eigenvalue weighted by atomic mass is 127. The predicted octanol–water partition coefficient (Wildman–Crippen LogP) is 2.91. The van der Waals surface area contributed by atoms with Gasteiger partial charge in [0.05, 0.1) is 5.69 Å². The van der Waals surface area contributed by atoms with E-state index in [9.17, 15) is 4.79 Å². The van der Waals surface area contributed by atoms with Crippen molar-refractivity contribution in [1.29, 1.82) is 0 Å². The number of hydrogen-bond donors (Lipinski definition) is 0. The number of benzene rings is 1. The first-order valence-corrected chi connectivity index (χ1v) is 4.22. The highest BCUT2D eigenvalue weighted by Crippen LogP contribution is 2.24. The molecule has 0 N–H and O–H groups in total. The summed E-state index contributed by atoms with van der Waals surface area (Å²) in [6.45, 7) is 0. The Morgan fingerprint density at radius 1 is 1.55 bits per heavy atom. The molecule has 0 aliphatic rings. The lowest BCUT2D eigenvalue weighted by molar-refractivity contribution is 0.565. The molecule has 1 aromatic carbocycles. The fourth-order valence-electron chi connectivity index (χ4n) is 0.621. The Morgan fingerprint density at radius 3 is 2.91 bits per heavy atom. The van der Waals surface area contributed by atoms with Crippen LogP contribution >= 0.6 is 34.2 Å². The Hall–Kier alpha value is -0.380. The number of halogens is 2. The van der Waals surface area contributed by atoms with Gasteiger partial charge in [0, 0.05) is 8.59 Å². The van der Waals surface area contributed by atoms with Crippen LogP contribution in [0, 0.1) is 3.57 Å². The van der Waals surface area contributed by atoms with E-state index in [4.69, 9.17) is 11.6 Å². The van der Waals surface area contributed by atoms with Crippen molar-refractivity contribution < 1.29 is 4.79 Å². The molecule has 0 aliphatic carbocycles. The number of carbonyl (C=O) groups excluding carboxylic acids is 1. The molecule has 0 bridgehead atoms. The van der Waals surface area contributed by atoms with Gasteiger partial charge in [-0.3, -0.25) is 0 Å². The number of nitrogens with zero attached hydrogens (tertiary/aromatic N) is 1. The number of aliphatic imine (C=N–C) groups is 1. The Morgan fingerprint density at radius 2 is 2.27 bits per heavy atom. The average Bonchev–Trinajstić information content (AvgIpc) is 1.98. The Balaban J connectivity index is 3.22. The van der Waals surface area contributed by atoms with E-state index in [1.165, 1.54) is 6.08 Å². The molecule has 0 amide bonds. The molecule has 0 fully saturated rings. The lowest BCUT2D eigenvalue weighted by atomic mass is 10.3. The molecule has 56 valence electrons. The largest absolute Gasteiger partial charge is 0.240 e. The first-order chi connectivity index (χ1) is 5.24. The van der Waals surface area contributed by atoms with Crippen molar-refractivity contribution in [2.75, 3.05) is 0 Å². The summed E-state index contributed by atoms with van der Waals surface area (Å²) in [5.74, 6) is 0. The first kappa shape index (κ1) is 8.71. The number of rotatable bonds is 1. The molecule has 0 unspecified atom stereocenters. The van der Waals surface area contributed by atoms with Crippen molar-refractivity contribution in [2.45, 2.75) is 0 Å². The highest BCUT2D eigenvalue weighted by Gasteiger charge is 1.97. The smallest absolute Gasteiger partial charge is 0.211 e. The van der Waals surface area contributed by atoms with Gasteiger partial charge >= 0.3 is 0 Å². The molecular formula is C7H3ClINO. The van der Waals surface area contributed by atoms with Gasteiger partial charge in [-0.2, -0.15) is 4.99 Å². The summed E-state index contributed by atoms with van der Waals surface area (Å²) in [5, 5.41) is 0.569. The van der Waals surface area contributed by atoms with Crippen molar-refractivity contribution in [3.63, 3.8) is 0 Å². The van der Waals surface area contributed by atoms with E-state index in [0.717, 1.165) is 3.57 Å². The van der Waals surface area contributed by atoms with E-state index < -0.39 is 0 Å². The summed E-state index contributed by atoms with van der Waals surface area (Å²) >= 11 is 7.73. The van der Waals surface area contributed by atoms with Crippen LogP contribution in [0.2, 0.25) is 5.02 Å². The summed E-state index contributed by atoms with van der Waals surface area (Å²) in [6, 6.07) is 5.15. The zero-order chi connectivity index (χ0) is 8.27. The van der Waals surface area contributed by atoms with E-state index in [1.54, 1.807) is 18.2 Å². The summed E-state index contributed by atoms with van der Waals surface area (Å²) in [4.78, 5) is 13.4. The number of isocyanates is 1. The average molecular weight is 279 g/mol. The van der Waals surface area contributed by atoms with Gasteiger partial charge in [-0.15, -0.1) is 0 Å². The van der Waals surface area contributed by atoms with Crippen LogP contribution in [0.5, 0.6) is 0 Å². The lowest BCUT2D eigenvalue weighted by Crippen LogP contribution is -1.72. The van der Waals surface area contributed by atoms with E-state index >= 15 is 0 Å². The fourth-order valence-corrected chi connectivity index (χ4v) is 1.24. The first-order valence-electron chi connectivity index (χ1n) is 2.77. The summed E-state index contributed by atoms with van der Waals surface area (Å²) in [7, 11) is 0. The normalized spacial score (nSPS) is 8.91. The molecule has 1 rings (SSSR count). The van der Waals surface area contributed by atoms with Gasteiger partial charge in [-0.1, -0.05) is 11.6 Å². The van der Waals surface area contributed by atoms with E-state index in [2.05, 4.69) is 27.6 Å². The third-order valence-corrected chi connectivity index (χ3v) is 2.22. The third kappa shape index (κ3) is 2.29. The molecule has 0 saturated heterocycles. The molecule has 0 spiro atoms. The second kappa shape index (κ2) is 3.85. The maximum absolute atomic E-state index is 9.90. The lowest BCUT2D eigenvalue weighted by Gasteiger charge is -1.94. The zero-order valence-electron chi connectivity index (χ0n) is 5.34. The second-order valence-electron chi connectivity index (χ2n) is 1.80. The van der Waals surface area contributed by atoms with Crippen LogP contribution in [0.4, 0.5) is 5.69 Å². The van der Waals surface area contributed by atoms with Crippen LogP contribution in [0.3, 0.4) is 0 Å². The molecule has 4 heteroatoms. The van der Waals surface area contributed by atoms with E-state index in [-0.39, 0.29) is 0 Å². The minimum absolute atomic E-state index is 0.563. The van der Waals surface area contributed by atoms with Crippen molar-refractivity contribution in [3.05, 3.63) is 26.8 Å². The Bertz CT molecular complexity index is 320. The molecule has 0 atom stereocenters. The van der Waals surface area contributed by atoms with E-state index in [0.29, 0.717) is 10.7 Å². The summed E-state index contributed by atoms with van der Waals surface area (Å²) in [6.07, 6.45) is 1.46. The molecule has 0 aliphatic heterocycles. The van der Waals surface area contributed by atoms with Gasteiger partial charge in [-0.25, -0.2) is 4.79 Å². The quantitative estimate of drug-likeness (QED) is 0.441. The molecule has 2 nitrogen and oxygen atoms in total. The number of hydrogen-bond acceptors (Lipinski definition) is 2. The van der Waals surface area contributed by atoms with Gasteiger partial charge in [0.2, 0.25) is 6.08 Å². The van der Waals surface area contributed by atoms with Crippen molar-refractivity contribution in [2.24, 2.45) is 4.99 Å². The SMILES string of the molecule is O=C=Nc1cc(Cl)ccc1I. The van der Waals surface area contributed by atoms with Crippen molar-refractivity contribution in [3.8, 4) is 0 Å². The van der Waals surface area contributed by atoms with Crippen LogP contribution in [-0.4, -0.2) is 6.08 Å². The van der Waals surface area contributed by atoms with Gasteiger partial charge in [0.25, 0.3) is 0 Å². The fraction of sp³-hybridized carbons (Fsp3) is 0. The van der Waals surface area contributed by atoms with Crippen molar-refractivity contribution >= 4 is 46.0 Å². The van der Waals surface area contributed by atoms with Gasteiger partial charge in [0.1, 0.15) is 0 Å². The van der Waals surface area contributed by atoms with E-state index in [1.807, 2.05) is 0 Å². The molecule has 0 heterocycles. The van der Waals surface area contributed by atoms with Crippen LogP contribution in [0.1, 0.15) is 0 Å². The van der Waals surface area contributed by atoms with Crippen LogP contribution in [0.25, 0.3) is 0 Å². The molecular weight excluding hydrogens is 276 g/mol. The molecule has 0 radical (unpaired) electrons. The van der Waals surface area contributed by atoms with Crippen LogP contribution in [0.15, 0.2) is 23.2 Å². The second-order valence-corrected chi connectivity index (χ2v) is 3.40. The highest BCUT2D eigenvalue weighted by molar-refractivity contribution is 14.1. The predicted molar refractivity (Wildman–Crippen MR) is 52.0 cm³/mol. The Labute approximate surface area is 82.4 Å². The molecule has 0 aromatic heterocycles. The third-order valence-electron chi connectivity index (χ3n) is 1.07. The standard InChI is InChI=1S/C7H3ClINO/c8-5-1-2-6(9)7(3-5)10-4-11/h1-3H. The Kier molecular flexibility index (Phi) is 3.05. The molecule has 1 aromatic rings. The summed E-state index contributed by atoms with van der Waals surface area (Å²) < 4.78 is 0.885. The maximum atomic E-state index is 9.90. The monoisotopic (exact) mass is 279 g/mol. The zero-order valence-corrected chi connectivity index (χ0v) is 8.26. The molecule has 11 heavy (non-hydrogen) atoms. The minimum Gasteiger partial charge on any atom is -0.211 e. The van der Waals surface area contributed by atoms with Crippen molar-refractivity contribution in [1.82, 2.24) is 0 Å². The van der Waals surface area contributed by atoms with Crippen LogP contribution < -0.4 is 0 Å². The minimum atomic E-state index is 0.563. The van der Waals surface area contributed by atoms with Gasteiger partial charge in [0.15, 0.2) is 0 Å². The topological polar surface area (TPSA) is 29.4 Å². The summed E-state index contributed by atoms with van der Waals surface area (Å²) in [5.41, 5.74) is 0.563. The van der Waals surface area contributed by atoms with Gasteiger partial charge in [-0.05, 0) is 40.8 Å². The molecule has 0 saturated carbocycles. The maximum Gasteiger partial charge on any atom is 0.240 e. The van der Waals surface area contributed by atoms with Gasteiger partial charge < -0.3 is 0 Å².